The normalized spacial score (nSPS) is 15.8. The summed E-state index contributed by atoms with van der Waals surface area (Å²) in [7, 11) is 5.65. The van der Waals surface area contributed by atoms with E-state index in [9.17, 15) is 9.59 Å². The van der Waals surface area contributed by atoms with Crippen molar-refractivity contribution in [1.29, 1.82) is 0 Å². The Bertz CT molecular complexity index is 620. The first-order valence-electron chi connectivity index (χ1n) is 6.47. The predicted molar refractivity (Wildman–Crippen MR) is 77.3 cm³/mol. The SMILES string of the molecule is [B]c1cncc(CN2C(=O)C(C)=C(/C=C\CC)C2=O)c1. The van der Waals surface area contributed by atoms with Crippen LogP contribution in [0.5, 0.6) is 0 Å². The van der Waals surface area contributed by atoms with Crippen molar-refractivity contribution in [3.63, 3.8) is 0 Å². The molecule has 20 heavy (non-hydrogen) atoms. The van der Waals surface area contributed by atoms with Crippen LogP contribution in [0.25, 0.3) is 0 Å². The number of aromatic nitrogens is 1. The molecule has 100 valence electrons. The molecule has 0 unspecified atom stereocenters. The largest absolute Gasteiger partial charge is 0.270 e. The van der Waals surface area contributed by atoms with Crippen LogP contribution in [-0.4, -0.2) is 29.5 Å². The van der Waals surface area contributed by atoms with Crippen LogP contribution in [0.2, 0.25) is 0 Å². The highest BCUT2D eigenvalue weighted by atomic mass is 16.2. The predicted octanol–water partition coefficient (Wildman–Crippen LogP) is 1.03. The average Bonchev–Trinajstić information content (AvgIpc) is 2.61. The zero-order chi connectivity index (χ0) is 14.7. The van der Waals surface area contributed by atoms with Crippen LogP contribution in [0.3, 0.4) is 0 Å². The van der Waals surface area contributed by atoms with E-state index in [1.165, 1.54) is 11.1 Å². The number of rotatable bonds is 4. The minimum Gasteiger partial charge on any atom is -0.270 e. The molecular weight excluding hydrogens is 251 g/mol. The summed E-state index contributed by atoms with van der Waals surface area (Å²) in [6.07, 6.45) is 7.53. The lowest BCUT2D eigenvalue weighted by Gasteiger charge is -2.14. The molecule has 2 heterocycles. The van der Waals surface area contributed by atoms with E-state index in [1.54, 1.807) is 25.3 Å². The molecule has 2 radical (unpaired) electrons. The number of hydrogen-bond acceptors (Lipinski definition) is 3. The standard InChI is InChI=1S/C15H15BN2O2/c1-3-4-5-13-10(2)14(19)18(15(13)20)9-11-6-12(16)8-17-7-11/h4-8H,3,9H2,1-2H3/b5-4-. The number of carbonyl (C=O) groups is 2. The number of hydrogen-bond donors (Lipinski definition) is 0. The minimum absolute atomic E-state index is 0.191. The molecule has 0 aromatic carbocycles. The van der Waals surface area contributed by atoms with Crippen molar-refractivity contribution in [1.82, 2.24) is 9.88 Å². The summed E-state index contributed by atoms with van der Waals surface area (Å²) in [5.74, 6) is -0.521. The Kier molecular flexibility index (Phi) is 4.18. The van der Waals surface area contributed by atoms with Gasteiger partial charge in [-0.2, -0.15) is 0 Å². The molecule has 4 nitrogen and oxygen atoms in total. The third-order valence-electron chi connectivity index (χ3n) is 3.12. The Labute approximate surface area is 119 Å². The summed E-state index contributed by atoms with van der Waals surface area (Å²) >= 11 is 0. The molecule has 0 aliphatic carbocycles. The van der Waals surface area contributed by atoms with Crippen molar-refractivity contribution < 1.29 is 9.59 Å². The fraction of sp³-hybridized carbons (Fsp3) is 0.267. The van der Waals surface area contributed by atoms with Crippen LogP contribution in [0.4, 0.5) is 0 Å². The quantitative estimate of drug-likeness (QED) is 0.604. The third kappa shape index (κ3) is 2.71. The number of nitrogens with zero attached hydrogens (tertiary/aromatic N) is 2. The van der Waals surface area contributed by atoms with Gasteiger partial charge in [-0.15, -0.1) is 0 Å². The molecule has 0 bridgehead atoms. The first kappa shape index (κ1) is 14.2. The molecule has 1 aromatic heterocycles. The highest BCUT2D eigenvalue weighted by molar-refractivity contribution is 6.32. The van der Waals surface area contributed by atoms with Gasteiger partial charge in [0, 0.05) is 23.5 Å². The third-order valence-corrected chi connectivity index (χ3v) is 3.12. The van der Waals surface area contributed by atoms with Crippen molar-refractivity contribution in [3.8, 4) is 0 Å². The van der Waals surface area contributed by atoms with E-state index in [-0.39, 0.29) is 18.4 Å². The van der Waals surface area contributed by atoms with E-state index < -0.39 is 0 Å². The highest BCUT2D eigenvalue weighted by Gasteiger charge is 2.34. The first-order valence-corrected chi connectivity index (χ1v) is 6.47. The van der Waals surface area contributed by atoms with Gasteiger partial charge in [0.15, 0.2) is 0 Å². The summed E-state index contributed by atoms with van der Waals surface area (Å²) < 4.78 is 0. The van der Waals surface area contributed by atoms with Gasteiger partial charge >= 0.3 is 0 Å². The van der Waals surface area contributed by atoms with Crippen molar-refractivity contribution in [3.05, 3.63) is 47.3 Å². The molecule has 5 heteroatoms. The molecule has 2 rings (SSSR count). The van der Waals surface area contributed by atoms with Crippen molar-refractivity contribution in [2.24, 2.45) is 0 Å². The number of allylic oxidation sites excluding steroid dienone is 1. The zero-order valence-corrected chi connectivity index (χ0v) is 11.6. The van der Waals surface area contributed by atoms with E-state index >= 15 is 0 Å². The number of carbonyl (C=O) groups excluding carboxylic acids is 2. The fourth-order valence-electron chi connectivity index (χ4n) is 2.07. The number of amides is 2. The Morgan fingerprint density at radius 2 is 2.05 bits per heavy atom. The average molecular weight is 266 g/mol. The first-order chi connectivity index (χ1) is 9.54. The van der Waals surface area contributed by atoms with Gasteiger partial charge in [-0.05, 0) is 18.9 Å². The molecular formula is C15H15BN2O2. The molecule has 0 N–H and O–H groups in total. The highest BCUT2D eigenvalue weighted by Crippen LogP contribution is 2.23. The lowest BCUT2D eigenvalue weighted by atomic mass is 9.97. The molecule has 1 aromatic rings. The monoisotopic (exact) mass is 266 g/mol. The summed E-state index contributed by atoms with van der Waals surface area (Å²) in [5.41, 5.74) is 2.20. The van der Waals surface area contributed by atoms with E-state index in [1.807, 2.05) is 13.0 Å². The van der Waals surface area contributed by atoms with Gasteiger partial charge in [0.25, 0.3) is 11.8 Å². The minimum atomic E-state index is -0.264. The van der Waals surface area contributed by atoms with Crippen molar-refractivity contribution >= 4 is 25.1 Å². The lowest BCUT2D eigenvalue weighted by molar-refractivity contribution is -0.138. The summed E-state index contributed by atoms with van der Waals surface area (Å²) in [6.45, 7) is 3.84. The van der Waals surface area contributed by atoms with E-state index in [2.05, 4.69) is 4.98 Å². The van der Waals surface area contributed by atoms with Gasteiger partial charge in [0.05, 0.1) is 6.54 Å². The second kappa shape index (κ2) is 5.86. The van der Waals surface area contributed by atoms with Crippen LogP contribution >= 0.6 is 0 Å². The Morgan fingerprint density at radius 3 is 2.70 bits per heavy atom. The zero-order valence-electron chi connectivity index (χ0n) is 11.6. The second-order valence-electron chi connectivity index (χ2n) is 4.67. The molecule has 0 spiro atoms. The summed E-state index contributed by atoms with van der Waals surface area (Å²) in [6, 6.07) is 1.71. The molecule has 2 amide bonds. The lowest BCUT2D eigenvalue weighted by Crippen LogP contribution is -2.31. The molecule has 0 saturated heterocycles. The van der Waals surface area contributed by atoms with Crippen molar-refractivity contribution in [2.45, 2.75) is 26.8 Å². The van der Waals surface area contributed by atoms with Crippen LogP contribution < -0.4 is 5.46 Å². The van der Waals surface area contributed by atoms with Gasteiger partial charge < -0.3 is 0 Å². The second-order valence-corrected chi connectivity index (χ2v) is 4.67. The molecule has 0 atom stereocenters. The Morgan fingerprint density at radius 1 is 1.30 bits per heavy atom. The van der Waals surface area contributed by atoms with Gasteiger partial charge in [0.1, 0.15) is 7.85 Å². The number of pyridine rings is 1. The van der Waals surface area contributed by atoms with Gasteiger partial charge in [-0.3, -0.25) is 19.5 Å². The molecule has 1 aliphatic rings. The number of imide groups is 1. The Hall–Kier alpha value is -2.17. The Balaban J connectivity index is 2.22. The van der Waals surface area contributed by atoms with Gasteiger partial charge in [-0.25, -0.2) is 0 Å². The topological polar surface area (TPSA) is 50.3 Å². The molecule has 0 fully saturated rings. The smallest absolute Gasteiger partial charge is 0.261 e. The van der Waals surface area contributed by atoms with E-state index in [0.717, 1.165) is 12.0 Å². The maximum Gasteiger partial charge on any atom is 0.261 e. The molecule has 0 saturated carbocycles. The maximum atomic E-state index is 12.3. The summed E-state index contributed by atoms with van der Waals surface area (Å²) in [4.78, 5) is 29.6. The van der Waals surface area contributed by atoms with Gasteiger partial charge in [-0.1, -0.05) is 30.6 Å². The van der Waals surface area contributed by atoms with E-state index in [0.29, 0.717) is 16.6 Å². The van der Waals surface area contributed by atoms with Crippen LogP contribution in [0.15, 0.2) is 41.8 Å². The van der Waals surface area contributed by atoms with Crippen LogP contribution in [0, 0.1) is 0 Å². The van der Waals surface area contributed by atoms with Crippen LogP contribution in [-0.2, 0) is 16.1 Å². The summed E-state index contributed by atoms with van der Waals surface area (Å²) in [5, 5.41) is 0. The van der Waals surface area contributed by atoms with Gasteiger partial charge in [0.2, 0.25) is 0 Å². The van der Waals surface area contributed by atoms with E-state index in [4.69, 9.17) is 7.85 Å². The maximum absolute atomic E-state index is 12.3. The van der Waals surface area contributed by atoms with Crippen molar-refractivity contribution in [2.75, 3.05) is 0 Å². The fourth-order valence-corrected chi connectivity index (χ4v) is 2.07. The molecule has 1 aliphatic heterocycles. The van der Waals surface area contributed by atoms with Crippen LogP contribution in [0.1, 0.15) is 25.8 Å².